The minimum absolute atomic E-state index is 0.139. The van der Waals surface area contributed by atoms with Gasteiger partial charge >= 0.3 is 5.97 Å². The van der Waals surface area contributed by atoms with Gasteiger partial charge in [0.1, 0.15) is 31.0 Å². The molecule has 8 heteroatoms. The van der Waals surface area contributed by atoms with Gasteiger partial charge in [0.15, 0.2) is 0 Å². The van der Waals surface area contributed by atoms with Crippen molar-refractivity contribution < 1.29 is 39.1 Å². The number of cyclic esters (lactones) is 1. The third-order valence-corrected chi connectivity index (χ3v) is 12.6. The summed E-state index contributed by atoms with van der Waals surface area (Å²) in [5.41, 5.74) is 0.382. The molecule has 2 aliphatic heterocycles. The van der Waals surface area contributed by atoms with Crippen LogP contribution in [0.4, 0.5) is 0 Å². The van der Waals surface area contributed by atoms with Gasteiger partial charge in [-0.1, -0.05) is 13.8 Å². The van der Waals surface area contributed by atoms with Gasteiger partial charge < -0.3 is 34.3 Å². The van der Waals surface area contributed by atoms with Crippen LogP contribution in [0.3, 0.4) is 0 Å². The fourth-order valence-electron chi connectivity index (χ4n) is 10.3. The number of aliphatic hydroxyl groups is 3. The van der Waals surface area contributed by atoms with Crippen LogP contribution in [0.25, 0.3) is 0 Å². The van der Waals surface area contributed by atoms with Gasteiger partial charge in [-0.3, -0.25) is 0 Å². The highest BCUT2D eigenvalue weighted by Gasteiger charge is 2.67. The van der Waals surface area contributed by atoms with Gasteiger partial charge in [-0.2, -0.15) is 0 Å². The minimum atomic E-state index is -0.992. The number of aliphatic hydroxyl groups excluding tert-OH is 2. The standard InChI is InChI=1S/C31H48O8/c1-17-26(33)27(34)28(36-4)24(39-17)16-37-20-7-10-29(2)19(14-20)5-6-23-22(29)8-11-30(3)21(9-12-31(23,30)35)18-13-25(32)38-15-18/h13,17,19-24,26-28,33-35H,5-12,14-16H2,1-4H3/t17-,19?,20?,21?,22?,23?,24+,26-,27+,28+,29?,30?,31?/m1/s1. The van der Waals surface area contributed by atoms with Crippen molar-refractivity contribution in [2.24, 2.45) is 34.5 Å². The Labute approximate surface area is 232 Å². The summed E-state index contributed by atoms with van der Waals surface area (Å²) in [6.45, 7) is 7.25. The zero-order valence-corrected chi connectivity index (χ0v) is 24.0. The fraction of sp³-hybridized carbons (Fsp3) is 0.903. The van der Waals surface area contributed by atoms with E-state index in [1.165, 1.54) is 7.11 Å². The molecule has 0 aromatic carbocycles. The smallest absolute Gasteiger partial charge is 0.331 e. The molecule has 5 fully saturated rings. The van der Waals surface area contributed by atoms with E-state index in [2.05, 4.69) is 13.8 Å². The number of carbonyl (C=O) groups excluding carboxylic acids is 1. The van der Waals surface area contributed by atoms with Crippen LogP contribution >= 0.6 is 0 Å². The Morgan fingerprint density at radius 1 is 1.03 bits per heavy atom. The van der Waals surface area contributed by atoms with Crippen LogP contribution in [-0.2, 0) is 23.7 Å². The number of hydrogen-bond donors (Lipinski definition) is 3. The van der Waals surface area contributed by atoms with Crippen LogP contribution in [0, 0.1) is 34.5 Å². The van der Waals surface area contributed by atoms with E-state index in [0.29, 0.717) is 31.0 Å². The molecule has 4 aliphatic carbocycles. The molecule has 39 heavy (non-hydrogen) atoms. The number of rotatable bonds is 5. The number of ether oxygens (including phenoxy) is 4. The first-order chi connectivity index (χ1) is 18.5. The number of fused-ring (bicyclic) bond motifs is 5. The van der Waals surface area contributed by atoms with Gasteiger partial charge in [0.25, 0.3) is 0 Å². The third-order valence-electron chi connectivity index (χ3n) is 12.6. The molecule has 0 amide bonds. The topological polar surface area (TPSA) is 115 Å². The highest BCUT2D eigenvalue weighted by Crippen LogP contribution is 2.70. The molecule has 1 saturated heterocycles. The third kappa shape index (κ3) is 4.26. The predicted octanol–water partition coefficient (Wildman–Crippen LogP) is 3.15. The highest BCUT2D eigenvalue weighted by molar-refractivity contribution is 5.85. The van der Waals surface area contributed by atoms with Gasteiger partial charge in [-0.15, -0.1) is 0 Å². The van der Waals surface area contributed by atoms with E-state index in [1.807, 2.05) is 0 Å². The molecule has 13 atom stereocenters. The molecule has 220 valence electrons. The van der Waals surface area contributed by atoms with Crippen molar-refractivity contribution >= 4 is 5.97 Å². The second kappa shape index (κ2) is 10.1. The molecule has 0 radical (unpaired) electrons. The highest BCUT2D eigenvalue weighted by atomic mass is 16.6. The van der Waals surface area contributed by atoms with Gasteiger partial charge in [-0.05, 0) is 99.4 Å². The first-order valence-corrected chi connectivity index (χ1v) is 15.3. The lowest BCUT2D eigenvalue weighted by molar-refractivity contribution is -0.241. The summed E-state index contributed by atoms with van der Waals surface area (Å²) in [6.07, 6.45) is 7.46. The summed E-state index contributed by atoms with van der Waals surface area (Å²) in [5.74, 6) is 1.35. The largest absolute Gasteiger partial charge is 0.458 e. The van der Waals surface area contributed by atoms with Crippen LogP contribution in [0.1, 0.15) is 78.6 Å². The minimum Gasteiger partial charge on any atom is -0.458 e. The first kappa shape index (κ1) is 28.1. The van der Waals surface area contributed by atoms with Gasteiger partial charge in [0.05, 0.1) is 24.4 Å². The molecule has 8 nitrogen and oxygen atoms in total. The van der Waals surface area contributed by atoms with Crippen LogP contribution in [0.5, 0.6) is 0 Å². The van der Waals surface area contributed by atoms with E-state index in [1.54, 1.807) is 13.0 Å². The van der Waals surface area contributed by atoms with E-state index < -0.39 is 36.1 Å². The Morgan fingerprint density at radius 2 is 1.82 bits per heavy atom. The van der Waals surface area contributed by atoms with E-state index in [9.17, 15) is 20.1 Å². The molecule has 0 bridgehead atoms. The molecule has 2 heterocycles. The maximum absolute atomic E-state index is 12.4. The van der Waals surface area contributed by atoms with Crippen LogP contribution in [0.2, 0.25) is 0 Å². The monoisotopic (exact) mass is 548 g/mol. The summed E-state index contributed by atoms with van der Waals surface area (Å²) < 4.78 is 23.1. The normalized spacial score (nSPS) is 53.4. The van der Waals surface area contributed by atoms with E-state index in [-0.39, 0.29) is 28.8 Å². The van der Waals surface area contributed by atoms with E-state index in [4.69, 9.17) is 18.9 Å². The Hall–Kier alpha value is -1.03. The fourth-order valence-corrected chi connectivity index (χ4v) is 10.3. The van der Waals surface area contributed by atoms with Crippen molar-refractivity contribution in [1.29, 1.82) is 0 Å². The predicted molar refractivity (Wildman–Crippen MR) is 143 cm³/mol. The molecule has 0 spiro atoms. The average molecular weight is 549 g/mol. The molecular formula is C31H48O8. The van der Waals surface area contributed by atoms with E-state index >= 15 is 0 Å². The molecule has 0 aromatic rings. The summed E-state index contributed by atoms with van der Waals surface area (Å²) >= 11 is 0. The quantitative estimate of drug-likeness (QED) is 0.449. The lowest BCUT2D eigenvalue weighted by atomic mass is 9.43. The molecule has 0 aromatic heterocycles. The summed E-state index contributed by atoms with van der Waals surface area (Å²) in [4.78, 5) is 11.8. The Morgan fingerprint density at radius 3 is 2.54 bits per heavy atom. The van der Waals surface area contributed by atoms with Crippen molar-refractivity contribution in [3.63, 3.8) is 0 Å². The molecular weight excluding hydrogens is 500 g/mol. The lowest BCUT2D eigenvalue weighted by Crippen LogP contribution is -2.62. The van der Waals surface area contributed by atoms with Crippen LogP contribution in [0.15, 0.2) is 11.6 Å². The van der Waals surface area contributed by atoms with Crippen molar-refractivity contribution in [2.45, 2.75) is 121 Å². The summed E-state index contributed by atoms with van der Waals surface area (Å²) in [5, 5.41) is 33.0. The van der Waals surface area contributed by atoms with Crippen molar-refractivity contribution in [3.05, 3.63) is 11.6 Å². The SMILES string of the molecule is CO[C@@H]1[C@@H](O)[C@H](O)[C@@H](C)O[C@H]1COC1CCC2(C)C(CCC3C2CCC2(C)C(C4=CC(=O)OC4)CCC32O)C1. The zero-order valence-electron chi connectivity index (χ0n) is 24.0. The zero-order chi connectivity index (χ0) is 27.7. The van der Waals surface area contributed by atoms with Crippen LogP contribution < -0.4 is 0 Å². The number of hydrogen-bond acceptors (Lipinski definition) is 8. The number of methoxy groups -OCH3 is 1. The Balaban J connectivity index is 1.12. The van der Waals surface area contributed by atoms with Crippen molar-refractivity contribution in [3.8, 4) is 0 Å². The van der Waals surface area contributed by atoms with Gasteiger partial charge in [0.2, 0.25) is 0 Å². The molecule has 3 N–H and O–H groups in total. The maximum Gasteiger partial charge on any atom is 0.331 e. The maximum atomic E-state index is 12.4. The summed E-state index contributed by atoms with van der Waals surface area (Å²) in [6, 6.07) is 0. The number of carbonyl (C=O) groups is 1. The molecule has 6 rings (SSSR count). The average Bonchev–Trinajstić information content (AvgIpc) is 3.45. The van der Waals surface area contributed by atoms with Crippen molar-refractivity contribution in [1.82, 2.24) is 0 Å². The Bertz CT molecular complexity index is 984. The first-order valence-electron chi connectivity index (χ1n) is 15.3. The summed E-state index contributed by atoms with van der Waals surface area (Å²) in [7, 11) is 1.53. The van der Waals surface area contributed by atoms with Gasteiger partial charge in [0, 0.05) is 18.6 Å². The Kier molecular flexibility index (Phi) is 7.25. The van der Waals surface area contributed by atoms with Crippen molar-refractivity contribution in [2.75, 3.05) is 20.3 Å². The van der Waals surface area contributed by atoms with Gasteiger partial charge in [-0.25, -0.2) is 4.79 Å². The second-order valence-corrected chi connectivity index (χ2v) is 14.1. The van der Waals surface area contributed by atoms with Crippen LogP contribution in [-0.4, -0.2) is 83.8 Å². The number of esters is 1. The molecule has 6 aliphatic rings. The molecule has 4 saturated carbocycles. The lowest BCUT2D eigenvalue weighted by Gasteiger charge is -2.63. The van der Waals surface area contributed by atoms with E-state index in [0.717, 1.165) is 63.4 Å². The second-order valence-electron chi connectivity index (χ2n) is 14.1. The molecule has 8 unspecified atom stereocenters.